The summed E-state index contributed by atoms with van der Waals surface area (Å²) in [6.07, 6.45) is 2.75. The Balaban J connectivity index is 1.92. The maximum absolute atomic E-state index is 13.1. The van der Waals surface area contributed by atoms with Gasteiger partial charge in [0.15, 0.2) is 5.76 Å². The van der Waals surface area contributed by atoms with Gasteiger partial charge >= 0.3 is 0 Å². The number of aliphatic hydroxyl groups is 1. The predicted molar refractivity (Wildman–Crippen MR) is 108 cm³/mol. The lowest BCUT2D eigenvalue weighted by atomic mass is 9.80. The van der Waals surface area contributed by atoms with Gasteiger partial charge in [-0.25, -0.2) is 0 Å². The first-order chi connectivity index (χ1) is 14.2. The van der Waals surface area contributed by atoms with Gasteiger partial charge in [-0.05, 0) is 43.5 Å². The topological polar surface area (TPSA) is 77.5 Å². The minimum atomic E-state index is -0.538. The van der Waals surface area contributed by atoms with Gasteiger partial charge in [0.25, 0.3) is 5.91 Å². The molecule has 7 heteroatoms. The average Bonchev–Trinajstić information content (AvgIpc) is 2.78. The van der Waals surface area contributed by atoms with Gasteiger partial charge in [0, 0.05) is 38.1 Å². The first-order valence-electron chi connectivity index (χ1n) is 10.3. The minimum absolute atomic E-state index is 0.00302. The van der Waals surface area contributed by atoms with Crippen LogP contribution in [0.3, 0.4) is 0 Å². The second-order valence-corrected chi connectivity index (χ2v) is 7.21. The standard InChI is InChI=1S/C22H31NO6/c1-3-28-22-18(5-4-12-24)19(16-6-8-17(26-2)9-7-16)15-20(29-22)21(25)23-10-13-27-14-11-23/h6-9,15,18-19,22,24H,3-5,10-14H2,1-2H3/t18-,19-,22-/m1/s1. The van der Waals surface area contributed by atoms with Crippen LogP contribution in [-0.2, 0) is 19.0 Å². The quantitative estimate of drug-likeness (QED) is 0.715. The Hall–Kier alpha value is -2.09. The summed E-state index contributed by atoms with van der Waals surface area (Å²) in [6.45, 7) is 4.68. The summed E-state index contributed by atoms with van der Waals surface area (Å²) in [7, 11) is 1.64. The van der Waals surface area contributed by atoms with Crippen molar-refractivity contribution in [1.82, 2.24) is 4.90 Å². The molecule has 2 aliphatic rings. The lowest BCUT2D eigenvalue weighted by Gasteiger charge is -2.38. The van der Waals surface area contributed by atoms with Crippen LogP contribution in [0.25, 0.3) is 0 Å². The van der Waals surface area contributed by atoms with Crippen LogP contribution in [-0.4, -0.2) is 68.8 Å². The number of rotatable bonds is 8. The Morgan fingerprint density at radius 2 is 1.97 bits per heavy atom. The van der Waals surface area contributed by atoms with E-state index >= 15 is 0 Å². The second-order valence-electron chi connectivity index (χ2n) is 7.21. The molecule has 0 radical (unpaired) electrons. The molecule has 1 aromatic carbocycles. The zero-order chi connectivity index (χ0) is 20.6. The molecule has 3 atom stereocenters. The number of hydrogen-bond donors (Lipinski definition) is 1. The van der Waals surface area contributed by atoms with E-state index in [2.05, 4.69) is 0 Å². The van der Waals surface area contributed by atoms with Crippen molar-refractivity contribution in [3.63, 3.8) is 0 Å². The molecule has 0 bridgehead atoms. The van der Waals surface area contributed by atoms with E-state index in [0.29, 0.717) is 45.1 Å². The third-order valence-electron chi connectivity index (χ3n) is 5.42. The molecule has 3 rings (SSSR count). The number of morpholine rings is 1. The van der Waals surface area contributed by atoms with Crippen molar-refractivity contribution in [2.75, 3.05) is 46.6 Å². The Labute approximate surface area is 172 Å². The molecule has 160 valence electrons. The van der Waals surface area contributed by atoms with E-state index in [4.69, 9.17) is 18.9 Å². The molecule has 1 N–H and O–H groups in total. The number of benzene rings is 1. The van der Waals surface area contributed by atoms with Crippen molar-refractivity contribution >= 4 is 5.91 Å². The van der Waals surface area contributed by atoms with Crippen molar-refractivity contribution in [3.05, 3.63) is 41.7 Å². The fraction of sp³-hybridized carbons (Fsp3) is 0.591. The number of ether oxygens (including phenoxy) is 4. The summed E-state index contributed by atoms with van der Waals surface area (Å²) >= 11 is 0. The number of aliphatic hydroxyl groups excluding tert-OH is 1. The third-order valence-corrected chi connectivity index (χ3v) is 5.42. The van der Waals surface area contributed by atoms with E-state index in [1.807, 2.05) is 37.3 Å². The van der Waals surface area contributed by atoms with Crippen LogP contribution in [0.1, 0.15) is 31.2 Å². The van der Waals surface area contributed by atoms with Crippen LogP contribution in [0.2, 0.25) is 0 Å². The molecule has 0 unspecified atom stereocenters. The third kappa shape index (κ3) is 5.29. The normalized spacial score (nSPS) is 24.6. The number of carbonyl (C=O) groups excluding carboxylic acids is 1. The predicted octanol–water partition coefficient (Wildman–Crippen LogP) is 2.30. The highest BCUT2D eigenvalue weighted by Gasteiger charge is 2.39. The smallest absolute Gasteiger partial charge is 0.288 e. The summed E-state index contributed by atoms with van der Waals surface area (Å²) < 4.78 is 22.6. The van der Waals surface area contributed by atoms with Crippen LogP contribution in [0.4, 0.5) is 0 Å². The first-order valence-corrected chi connectivity index (χ1v) is 10.3. The Kier molecular flexibility index (Phi) is 7.91. The van der Waals surface area contributed by atoms with Crippen molar-refractivity contribution in [2.45, 2.75) is 32.0 Å². The van der Waals surface area contributed by atoms with Gasteiger partial charge in [0.1, 0.15) is 5.75 Å². The number of allylic oxidation sites excluding steroid dienone is 1. The largest absolute Gasteiger partial charge is 0.497 e. The number of hydrogen-bond acceptors (Lipinski definition) is 6. The monoisotopic (exact) mass is 405 g/mol. The summed E-state index contributed by atoms with van der Waals surface area (Å²) in [5, 5.41) is 9.36. The van der Waals surface area contributed by atoms with E-state index in [1.54, 1.807) is 12.0 Å². The Morgan fingerprint density at radius 1 is 1.24 bits per heavy atom. The summed E-state index contributed by atoms with van der Waals surface area (Å²) in [5.74, 6) is 0.917. The van der Waals surface area contributed by atoms with E-state index in [9.17, 15) is 9.90 Å². The molecule has 29 heavy (non-hydrogen) atoms. The lowest BCUT2D eigenvalue weighted by Crippen LogP contribution is -2.44. The Morgan fingerprint density at radius 3 is 2.59 bits per heavy atom. The highest BCUT2D eigenvalue weighted by atomic mass is 16.7. The molecule has 0 saturated carbocycles. The minimum Gasteiger partial charge on any atom is -0.497 e. The van der Waals surface area contributed by atoms with E-state index in [0.717, 1.165) is 17.7 Å². The molecule has 1 amide bonds. The van der Waals surface area contributed by atoms with Gasteiger partial charge in [0.2, 0.25) is 6.29 Å². The van der Waals surface area contributed by atoms with E-state index in [-0.39, 0.29) is 24.3 Å². The van der Waals surface area contributed by atoms with Gasteiger partial charge < -0.3 is 29.0 Å². The van der Waals surface area contributed by atoms with Gasteiger partial charge in [-0.2, -0.15) is 0 Å². The van der Waals surface area contributed by atoms with Crippen molar-refractivity contribution in [2.24, 2.45) is 5.92 Å². The van der Waals surface area contributed by atoms with Crippen LogP contribution in [0.5, 0.6) is 5.75 Å². The molecule has 7 nitrogen and oxygen atoms in total. The Bertz CT molecular complexity index is 683. The van der Waals surface area contributed by atoms with Gasteiger partial charge in [-0.1, -0.05) is 12.1 Å². The lowest BCUT2D eigenvalue weighted by molar-refractivity contribution is -0.171. The average molecular weight is 405 g/mol. The second kappa shape index (κ2) is 10.6. The molecular formula is C22H31NO6. The molecule has 0 spiro atoms. The molecule has 1 saturated heterocycles. The number of carbonyl (C=O) groups is 1. The molecule has 0 aliphatic carbocycles. The van der Waals surface area contributed by atoms with Gasteiger partial charge in [-0.3, -0.25) is 4.79 Å². The van der Waals surface area contributed by atoms with E-state index in [1.165, 1.54) is 0 Å². The molecule has 1 fully saturated rings. The van der Waals surface area contributed by atoms with Crippen molar-refractivity contribution < 1.29 is 28.8 Å². The molecule has 1 aromatic rings. The zero-order valence-electron chi connectivity index (χ0n) is 17.2. The fourth-order valence-electron chi connectivity index (χ4n) is 3.89. The van der Waals surface area contributed by atoms with Crippen LogP contribution in [0, 0.1) is 5.92 Å². The maximum atomic E-state index is 13.1. The highest BCUT2D eigenvalue weighted by molar-refractivity contribution is 5.92. The molecular weight excluding hydrogens is 374 g/mol. The van der Waals surface area contributed by atoms with Gasteiger partial charge in [-0.15, -0.1) is 0 Å². The molecule has 2 aliphatic heterocycles. The summed E-state index contributed by atoms with van der Waals surface area (Å²) in [6, 6.07) is 7.86. The van der Waals surface area contributed by atoms with Crippen LogP contribution >= 0.6 is 0 Å². The van der Waals surface area contributed by atoms with Gasteiger partial charge in [0.05, 0.1) is 20.3 Å². The molecule has 2 heterocycles. The fourth-order valence-corrected chi connectivity index (χ4v) is 3.89. The highest BCUT2D eigenvalue weighted by Crippen LogP contribution is 2.40. The van der Waals surface area contributed by atoms with E-state index < -0.39 is 6.29 Å². The maximum Gasteiger partial charge on any atom is 0.288 e. The number of amides is 1. The number of methoxy groups -OCH3 is 1. The zero-order valence-corrected chi connectivity index (χ0v) is 17.2. The van der Waals surface area contributed by atoms with Crippen LogP contribution in [0.15, 0.2) is 36.1 Å². The summed E-state index contributed by atoms with van der Waals surface area (Å²) in [5.41, 5.74) is 1.06. The summed E-state index contributed by atoms with van der Waals surface area (Å²) in [4.78, 5) is 14.8. The van der Waals surface area contributed by atoms with Crippen molar-refractivity contribution in [1.29, 1.82) is 0 Å². The SMILES string of the molecule is CCO[C@@H]1OC(C(=O)N2CCOCC2)=C[C@H](c2ccc(OC)cc2)[C@H]1CCCO. The number of nitrogens with zero attached hydrogens (tertiary/aromatic N) is 1. The van der Waals surface area contributed by atoms with Crippen LogP contribution < -0.4 is 4.74 Å². The first kappa shape index (κ1) is 21.6. The molecule has 0 aromatic heterocycles. The van der Waals surface area contributed by atoms with Crippen molar-refractivity contribution in [3.8, 4) is 5.75 Å².